The fraction of sp³-hybridized carbons (Fsp3) is 1.00. The van der Waals surface area contributed by atoms with Gasteiger partial charge in [0.2, 0.25) is 0 Å². The molecular formula is C3H12O5. The monoisotopic (exact) mass is 128 g/mol. The zero-order chi connectivity index (χ0) is 4.99. The van der Waals surface area contributed by atoms with E-state index in [0.29, 0.717) is 0 Å². The summed E-state index contributed by atoms with van der Waals surface area (Å²) in [6.07, 6.45) is -0.954. The molecule has 5 heteroatoms. The molecule has 0 bridgehead atoms. The summed E-state index contributed by atoms with van der Waals surface area (Å²) >= 11 is 0. The molecule has 0 aromatic carbocycles. The SMILES string of the molecule is O.O.OCC(O)CO. The maximum absolute atomic E-state index is 8.17. The standard InChI is InChI=1S/C3H8O3.2H2O/c4-1-3(6)2-5;;/h3-6H,1-2H2;2*1H2. The van der Waals surface area contributed by atoms with E-state index >= 15 is 0 Å². The van der Waals surface area contributed by atoms with Gasteiger partial charge < -0.3 is 26.3 Å². The van der Waals surface area contributed by atoms with Crippen LogP contribution in [-0.2, 0) is 0 Å². The van der Waals surface area contributed by atoms with E-state index in [4.69, 9.17) is 15.3 Å². The van der Waals surface area contributed by atoms with Gasteiger partial charge in [0.25, 0.3) is 0 Å². The fourth-order valence-corrected chi connectivity index (χ4v) is 0.0577. The Balaban J connectivity index is -0.000000125. The van der Waals surface area contributed by atoms with Gasteiger partial charge in [-0.05, 0) is 0 Å². The minimum atomic E-state index is -0.954. The fourth-order valence-electron chi connectivity index (χ4n) is 0.0577. The first kappa shape index (κ1) is 15.7. The molecule has 7 N–H and O–H groups in total. The van der Waals surface area contributed by atoms with E-state index in [0.717, 1.165) is 0 Å². The van der Waals surface area contributed by atoms with E-state index in [1.165, 1.54) is 0 Å². The van der Waals surface area contributed by atoms with Crippen molar-refractivity contribution in [2.75, 3.05) is 13.2 Å². The highest BCUT2D eigenvalue weighted by molar-refractivity contribution is 4.43. The number of hydrogen-bond donors (Lipinski definition) is 3. The predicted octanol–water partition coefficient (Wildman–Crippen LogP) is -3.32. The quantitative estimate of drug-likeness (QED) is 0.360. The van der Waals surface area contributed by atoms with Gasteiger partial charge in [-0.2, -0.15) is 0 Å². The molecule has 0 aliphatic rings. The summed E-state index contributed by atoms with van der Waals surface area (Å²) in [4.78, 5) is 0. The van der Waals surface area contributed by atoms with Gasteiger partial charge in [0.05, 0.1) is 13.2 Å². The van der Waals surface area contributed by atoms with E-state index in [2.05, 4.69) is 0 Å². The summed E-state index contributed by atoms with van der Waals surface area (Å²) in [7, 11) is 0. The first-order valence-corrected chi connectivity index (χ1v) is 1.71. The molecule has 0 aliphatic heterocycles. The average molecular weight is 128 g/mol. The summed E-state index contributed by atoms with van der Waals surface area (Å²) in [5.74, 6) is 0. The molecule has 54 valence electrons. The molecule has 0 aromatic rings. The smallest absolute Gasteiger partial charge is 0.100 e. The second-order valence-electron chi connectivity index (χ2n) is 1.02. The Morgan fingerprint density at radius 2 is 1.25 bits per heavy atom. The molecule has 0 heterocycles. The molecule has 0 rings (SSSR count). The highest BCUT2D eigenvalue weighted by Crippen LogP contribution is 1.71. The Kier molecular flexibility index (Phi) is 19.4. The molecule has 0 saturated heterocycles. The van der Waals surface area contributed by atoms with Crippen molar-refractivity contribution in [3.8, 4) is 0 Å². The van der Waals surface area contributed by atoms with Crippen LogP contribution in [0.4, 0.5) is 0 Å². The van der Waals surface area contributed by atoms with Crippen LogP contribution in [0.1, 0.15) is 0 Å². The molecule has 0 saturated carbocycles. The number of aliphatic hydroxyl groups excluding tert-OH is 3. The van der Waals surface area contributed by atoms with Crippen molar-refractivity contribution < 1.29 is 26.3 Å². The molecule has 0 aliphatic carbocycles. The number of aliphatic hydroxyl groups is 3. The largest absolute Gasteiger partial charge is 0.412 e. The highest BCUT2D eigenvalue weighted by atomic mass is 16.3. The highest BCUT2D eigenvalue weighted by Gasteiger charge is 1.93. The van der Waals surface area contributed by atoms with Crippen LogP contribution in [0, 0.1) is 0 Å². The molecule has 0 fully saturated rings. The van der Waals surface area contributed by atoms with Crippen LogP contribution in [-0.4, -0.2) is 45.6 Å². The van der Waals surface area contributed by atoms with Gasteiger partial charge in [0.1, 0.15) is 6.10 Å². The average Bonchev–Trinajstić information content (AvgIpc) is 1.65. The van der Waals surface area contributed by atoms with Gasteiger partial charge in [-0.1, -0.05) is 0 Å². The Hall–Kier alpha value is -0.200. The normalized spacial score (nSPS) is 7.50. The van der Waals surface area contributed by atoms with Crippen molar-refractivity contribution in [1.82, 2.24) is 0 Å². The minimum absolute atomic E-state index is 0. The first-order chi connectivity index (χ1) is 2.81. The Morgan fingerprint density at radius 3 is 1.25 bits per heavy atom. The lowest BCUT2D eigenvalue weighted by Crippen LogP contribution is -2.15. The van der Waals surface area contributed by atoms with E-state index in [-0.39, 0.29) is 24.2 Å². The van der Waals surface area contributed by atoms with E-state index in [9.17, 15) is 0 Å². The second-order valence-corrected chi connectivity index (χ2v) is 1.02. The van der Waals surface area contributed by atoms with E-state index in [1.807, 2.05) is 0 Å². The molecule has 0 unspecified atom stereocenters. The Labute approximate surface area is 46.8 Å². The molecule has 0 radical (unpaired) electrons. The Morgan fingerprint density at radius 1 is 1.00 bits per heavy atom. The third kappa shape index (κ3) is 9.25. The molecule has 0 aromatic heterocycles. The summed E-state index contributed by atoms with van der Waals surface area (Å²) in [5.41, 5.74) is 0. The van der Waals surface area contributed by atoms with E-state index < -0.39 is 6.10 Å². The third-order valence-electron chi connectivity index (χ3n) is 0.421. The van der Waals surface area contributed by atoms with E-state index in [1.54, 1.807) is 0 Å². The number of hydrogen-bond acceptors (Lipinski definition) is 3. The topological polar surface area (TPSA) is 124 Å². The van der Waals surface area contributed by atoms with Crippen molar-refractivity contribution in [2.24, 2.45) is 0 Å². The predicted molar refractivity (Wildman–Crippen MR) is 27.4 cm³/mol. The summed E-state index contributed by atoms with van der Waals surface area (Å²) < 4.78 is 0. The van der Waals surface area contributed by atoms with Crippen LogP contribution in [0.15, 0.2) is 0 Å². The van der Waals surface area contributed by atoms with Gasteiger partial charge in [-0.25, -0.2) is 0 Å². The lowest BCUT2D eigenvalue weighted by molar-refractivity contribution is 0.0450. The lowest BCUT2D eigenvalue weighted by Gasteiger charge is -1.96. The lowest BCUT2D eigenvalue weighted by atomic mass is 10.4. The van der Waals surface area contributed by atoms with Crippen molar-refractivity contribution in [2.45, 2.75) is 6.10 Å². The number of rotatable bonds is 2. The van der Waals surface area contributed by atoms with Crippen LogP contribution >= 0.6 is 0 Å². The van der Waals surface area contributed by atoms with Gasteiger partial charge >= 0.3 is 0 Å². The second kappa shape index (κ2) is 9.93. The van der Waals surface area contributed by atoms with Crippen molar-refractivity contribution in [1.29, 1.82) is 0 Å². The van der Waals surface area contributed by atoms with Crippen molar-refractivity contribution >= 4 is 0 Å². The molecule has 0 atom stereocenters. The van der Waals surface area contributed by atoms with Gasteiger partial charge in [0, 0.05) is 0 Å². The summed E-state index contributed by atoms with van der Waals surface area (Å²) in [5, 5.41) is 24.0. The molecule has 0 spiro atoms. The molecular weight excluding hydrogens is 116 g/mol. The van der Waals surface area contributed by atoms with Gasteiger partial charge in [-0.3, -0.25) is 0 Å². The summed E-state index contributed by atoms with van der Waals surface area (Å²) in [6.45, 7) is -0.729. The first-order valence-electron chi connectivity index (χ1n) is 1.71. The maximum Gasteiger partial charge on any atom is 0.100 e. The summed E-state index contributed by atoms with van der Waals surface area (Å²) in [6, 6.07) is 0. The van der Waals surface area contributed by atoms with Crippen molar-refractivity contribution in [3.05, 3.63) is 0 Å². The van der Waals surface area contributed by atoms with Crippen LogP contribution in [0.5, 0.6) is 0 Å². The zero-order valence-corrected chi connectivity index (χ0v) is 4.33. The molecule has 0 amide bonds. The van der Waals surface area contributed by atoms with Crippen molar-refractivity contribution in [3.63, 3.8) is 0 Å². The van der Waals surface area contributed by atoms with Crippen LogP contribution in [0.25, 0.3) is 0 Å². The van der Waals surface area contributed by atoms with Gasteiger partial charge in [0.15, 0.2) is 0 Å². The molecule has 5 nitrogen and oxygen atoms in total. The van der Waals surface area contributed by atoms with Gasteiger partial charge in [-0.15, -0.1) is 0 Å². The maximum atomic E-state index is 8.17. The third-order valence-corrected chi connectivity index (χ3v) is 0.421. The zero-order valence-electron chi connectivity index (χ0n) is 4.33. The van der Waals surface area contributed by atoms with Crippen LogP contribution < -0.4 is 0 Å². The molecule has 8 heavy (non-hydrogen) atoms. The van der Waals surface area contributed by atoms with Crippen LogP contribution in [0.2, 0.25) is 0 Å². The Bertz CT molecular complexity index is 26.9. The minimum Gasteiger partial charge on any atom is -0.412 e. The van der Waals surface area contributed by atoms with Crippen LogP contribution in [0.3, 0.4) is 0 Å².